The van der Waals surface area contributed by atoms with Crippen LogP contribution in [0.4, 0.5) is 4.79 Å². The maximum atomic E-state index is 12.0. The molecule has 0 aliphatic rings. The van der Waals surface area contributed by atoms with Crippen molar-refractivity contribution in [2.24, 2.45) is 0 Å². The molecule has 0 fully saturated rings. The topological polar surface area (TPSA) is 86.1 Å². The molecule has 1 heterocycles. The summed E-state index contributed by atoms with van der Waals surface area (Å²) >= 11 is 0. The van der Waals surface area contributed by atoms with E-state index in [0.717, 1.165) is 22.6 Å². The summed E-state index contributed by atoms with van der Waals surface area (Å²) in [6.07, 6.45) is 0. The van der Waals surface area contributed by atoms with Gasteiger partial charge in [-0.15, -0.1) is 0 Å². The van der Waals surface area contributed by atoms with E-state index in [4.69, 9.17) is 18.3 Å². The van der Waals surface area contributed by atoms with Gasteiger partial charge in [-0.1, -0.05) is 20.8 Å². The summed E-state index contributed by atoms with van der Waals surface area (Å²) in [5.74, 6) is 2.55. The maximum Gasteiger partial charge on any atom is 0.317 e. The zero-order valence-corrected chi connectivity index (χ0v) is 24.2. The first-order valence-electron chi connectivity index (χ1n) is 12.4. The number of oxazole rings is 1. The number of carbonyl (C=O) groups excluding carboxylic acids is 1. The van der Waals surface area contributed by atoms with Crippen molar-refractivity contribution < 1.29 is 23.1 Å². The fraction of sp³-hybridized carbons (Fsp3) is 0.429. The van der Waals surface area contributed by atoms with Gasteiger partial charge in [0.1, 0.15) is 23.8 Å². The average Bonchev–Trinajstić information content (AvgIpc) is 3.29. The molecule has 0 saturated heterocycles. The van der Waals surface area contributed by atoms with E-state index < -0.39 is 8.32 Å². The number of amides is 2. The van der Waals surface area contributed by atoms with Gasteiger partial charge in [0.05, 0.1) is 20.3 Å². The molecule has 0 bridgehead atoms. The van der Waals surface area contributed by atoms with Crippen molar-refractivity contribution in [1.82, 2.24) is 15.2 Å². The minimum Gasteiger partial charge on any atom is -0.497 e. The molecule has 200 valence electrons. The van der Waals surface area contributed by atoms with Crippen LogP contribution in [-0.2, 0) is 11.0 Å². The quantitative estimate of drug-likeness (QED) is 0.251. The molecule has 0 aliphatic heterocycles. The Morgan fingerprint density at radius 2 is 1.57 bits per heavy atom. The lowest BCUT2D eigenvalue weighted by Gasteiger charge is -2.36. The molecule has 0 radical (unpaired) electrons. The predicted molar refractivity (Wildman–Crippen MR) is 148 cm³/mol. The van der Waals surface area contributed by atoms with Crippen LogP contribution in [0, 0.1) is 0 Å². The molecule has 0 unspecified atom stereocenters. The number of aromatic nitrogens is 1. The lowest BCUT2D eigenvalue weighted by molar-refractivity contribution is 0.203. The fourth-order valence-electron chi connectivity index (χ4n) is 3.26. The van der Waals surface area contributed by atoms with Crippen LogP contribution in [0.3, 0.4) is 0 Å². The van der Waals surface area contributed by atoms with E-state index in [1.54, 1.807) is 21.2 Å². The molecule has 2 aromatic carbocycles. The molecule has 8 nitrogen and oxygen atoms in total. The van der Waals surface area contributed by atoms with E-state index in [1.165, 1.54) is 4.90 Å². The third kappa shape index (κ3) is 7.36. The fourth-order valence-corrected chi connectivity index (χ4v) is 4.29. The highest BCUT2D eigenvalue weighted by atomic mass is 28.4. The second kappa shape index (κ2) is 11.8. The number of hydrogen-bond donors (Lipinski definition) is 1. The summed E-state index contributed by atoms with van der Waals surface area (Å²) < 4.78 is 23.5. The van der Waals surface area contributed by atoms with Gasteiger partial charge in [0.25, 0.3) is 0 Å². The van der Waals surface area contributed by atoms with Crippen molar-refractivity contribution in [2.45, 2.75) is 45.4 Å². The van der Waals surface area contributed by atoms with Crippen molar-refractivity contribution in [3.8, 4) is 34.1 Å². The van der Waals surface area contributed by atoms with Gasteiger partial charge >= 0.3 is 6.03 Å². The molecular weight excluding hydrogens is 486 g/mol. The first-order chi connectivity index (χ1) is 17.4. The SMILES string of the molecule is COc1ccc(-c2nc(CNC(=O)N(C)C)oc2-c2ccc(OCCO[Si](C)(C)C(C)(C)C)cc2)cc1. The number of rotatable bonds is 10. The summed E-state index contributed by atoms with van der Waals surface area (Å²) in [5, 5.41) is 2.97. The summed E-state index contributed by atoms with van der Waals surface area (Å²) in [4.78, 5) is 18.1. The van der Waals surface area contributed by atoms with E-state index in [2.05, 4.69) is 44.2 Å². The molecule has 1 N–H and O–H groups in total. The summed E-state index contributed by atoms with van der Waals surface area (Å²) in [5.41, 5.74) is 2.43. The Morgan fingerprint density at radius 3 is 2.14 bits per heavy atom. The number of carbonyl (C=O) groups is 1. The van der Waals surface area contributed by atoms with Crippen LogP contribution >= 0.6 is 0 Å². The number of benzene rings is 2. The van der Waals surface area contributed by atoms with E-state index in [-0.39, 0.29) is 17.6 Å². The number of ether oxygens (including phenoxy) is 2. The van der Waals surface area contributed by atoms with E-state index in [1.807, 2.05) is 48.5 Å². The molecule has 0 atom stereocenters. The Morgan fingerprint density at radius 1 is 0.973 bits per heavy atom. The van der Waals surface area contributed by atoms with Crippen LogP contribution in [0.5, 0.6) is 11.5 Å². The van der Waals surface area contributed by atoms with Crippen molar-refractivity contribution in [1.29, 1.82) is 0 Å². The Kier molecular flexibility index (Phi) is 9.04. The first-order valence-corrected chi connectivity index (χ1v) is 15.3. The number of urea groups is 1. The minimum absolute atomic E-state index is 0.168. The van der Waals surface area contributed by atoms with Gasteiger partial charge in [0.2, 0.25) is 5.89 Å². The van der Waals surface area contributed by atoms with Gasteiger partial charge in [-0.25, -0.2) is 9.78 Å². The molecule has 3 rings (SSSR count). The van der Waals surface area contributed by atoms with Crippen molar-refractivity contribution >= 4 is 14.3 Å². The second-order valence-corrected chi connectivity index (χ2v) is 15.4. The number of hydrogen-bond acceptors (Lipinski definition) is 6. The Bertz CT molecular complexity index is 1170. The van der Waals surface area contributed by atoms with Crippen LogP contribution < -0.4 is 14.8 Å². The number of nitrogens with zero attached hydrogens (tertiary/aromatic N) is 2. The monoisotopic (exact) mass is 525 g/mol. The van der Waals surface area contributed by atoms with E-state index in [0.29, 0.717) is 30.6 Å². The highest BCUT2D eigenvalue weighted by molar-refractivity contribution is 6.74. The lowest BCUT2D eigenvalue weighted by Crippen LogP contribution is -2.41. The molecule has 0 spiro atoms. The van der Waals surface area contributed by atoms with Gasteiger partial charge in [-0.05, 0) is 66.7 Å². The second-order valence-electron chi connectivity index (χ2n) is 10.5. The molecule has 0 aliphatic carbocycles. The van der Waals surface area contributed by atoms with Crippen LogP contribution in [0.2, 0.25) is 18.1 Å². The molecular formula is C28H39N3O5Si. The normalized spacial score (nSPS) is 11.8. The van der Waals surface area contributed by atoms with Gasteiger partial charge in [-0.3, -0.25) is 0 Å². The summed E-state index contributed by atoms with van der Waals surface area (Å²) in [6, 6.07) is 15.1. The molecule has 2 amide bonds. The molecule has 37 heavy (non-hydrogen) atoms. The third-order valence-corrected chi connectivity index (χ3v) is 11.1. The van der Waals surface area contributed by atoms with Gasteiger partial charge in [0, 0.05) is 25.2 Å². The molecule has 0 saturated carbocycles. The largest absolute Gasteiger partial charge is 0.497 e. The van der Waals surface area contributed by atoms with Crippen LogP contribution in [0.25, 0.3) is 22.6 Å². The van der Waals surface area contributed by atoms with E-state index in [9.17, 15) is 4.79 Å². The van der Waals surface area contributed by atoms with Gasteiger partial charge in [0.15, 0.2) is 14.1 Å². The van der Waals surface area contributed by atoms with Gasteiger partial charge < -0.3 is 28.5 Å². The zero-order chi connectivity index (χ0) is 27.2. The number of methoxy groups -OCH3 is 1. The van der Waals surface area contributed by atoms with Crippen LogP contribution in [0.1, 0.15) is 26.7 Å². The average molecular weight is 526 g/mol. The Balaban J connectivity index is 1.76. The maximum absolute atomic E-state index is 12.0. The van der Waals surface area contributed by atoms with Crippen molar-refractivity contribution in [2.75, 3.05) is 34.4 Å². The standard InChI is InChI=1S/C28H39N3O5Si/c1-28(2,3)37(7,8)35-18-17-34-23-15-11-21(12-16-23)26-25(20-9-13-22(33-6)14-10-20)30-24(36-26)19-29-27(32)31(4)5/h9-16H,17-19H2,1-8H3,(H,29,32). The Labute approximate surface area is 221 Å². The summed E-state index contributed by atoms with van der Waals surface area (Å²) in [7, 11) is 3.20. The molecule has 1 aromatic heterocycles. The first kappa shape index (κ1) is 28.3. The smallest absolute Gasteiger partial charge is 0.317 e. The molecule has 3 aromatic rings. The lowest BCUT2D eigenvalue weighted by atomic mass is 10.1. The van der Waals surface area contributed by atoms with E-state index >= 15 is 0 Å². The van der Waals surface area contributed by atoms with Gasteiger partial charge in [-0.2, -0.15) is 0 Å². The zero-order valence-electron chi connectivity index (χ0n) is 23.2. The highest BCUT2D eigenvalue weighted by Gasteiger charge is 2.36. The Hall–Kier alpha value is -3.30. The van der Waals surface area contributed by atoms with Crippen molar-refractivity contribution in [3.05, 3.63) is 54.4 Å². The minimum atomic E-state index is -1.80. The van der Waals surface area contributed by atoms with Crippen molar-refractivity contribution in [3.63, 3.8) is 0 Å². The molecule has 9 heteroatoms. The summed E-state index contributed by atoms with van der Waals surface area (Å²) in [6.45, 7) is 12.4. The van der Waals surface area contributed by atoms with Crippen LogP contribution in [0.15, 0.2) is 52.9 Å². The van der Waals surface area contributed by atoms with Crippen LogP contribution in [-0.4, -0.2) is 58.7 Å². The number of nitrogens with one attached hydrogen (secondary N) is 1. The highest BCUT2D eigenvalue weighted by Crippen LogP contribution is 2.37. The predicted octanol–water partition coefficient (Wildman–Crippen LogP) is 6.19. The third-order valence-electron chi connectivity index (χ3n) is 6.57.